The van der Waals surface area contributed by atoms with Gasteiger partial charge in [0.15, 0.2) is 0 Å². The molecule has 3 nitrogen and oxygen atoms in total. The van der Waals surface area contributed by atoms with Gasteiger partial charge >= 0.3 is 6.18 Å². The van der Waals surface area contributed by atoms with Crippen LogP contribution in [-0.2, 0) is 16.2 Å². The number of sulfonamides is 1. The maximum atomic E-state index is 13.1. The summed E-state index contributed by atoms with van der Waals surface area (Å²) >= 11 is 19.8. The molecule has 0 aliphatic rings. The van der Waals surface area contributed by atoms with Crippen LogP contribution in [0.1, 0.15) is 5.56 Å². The highest BCUT2D eigenvalue weighted by molar-refractivity contribution is 7.99. The van der Waals surface area contributed by atoms with E-state index in [1.807, 2.05) is 42.5 Å². The summed E-state index contributed by atoms with van der Waals surface area (Å²) in [7, 11) is -4.41. The molecule has 4 rings (SSSR count). The molecule has 0 bridgehead atoms. The first kappa shape index (κ1) is 25.0. The number of anilines is 1. The Labute approximate surface area is 212 Å². The van der Waals surface area contributed by atoms with Gasteiger partial charge in [0.2, 0.25) is 0 Å². The highest BCUT2D eigenvalue weighted by atomic mass is 35.5. The lowest BCUT2D eigenvalue weighted by atomic mass is 10.1. The molecule has 0 unspecified atom stereocenters. The summed E-state index contributed by atoms with van der Waals surface area (Å²) in [6.07, 6.45) is -4.76. The van der Waals surface area contributed by atoms with Crippen LogP contribution >= 0.6 is 46.6 Å². The Morgan fingerprint density at radius 3 is 2.09 bits per heavy atom. The lowest BCUT2D eigenvalue weighted by Gasteiger charge is -2.14. The van der Waals surface area contributed by atoms with Gasteiger partial charge in [-0.3, -0.25) is 4.72 Å². The van der Waals surface area contributed by atoms with Crippen LogP contribution in [0.5, 0.6) is 0 Å². The minimum absolute atomic E-state index is 0.00797. The number of alkyl halides is 3. The molecule has 0 saturated heterocycles. The Bertz CT molecular complexity index is 1490. The van der Waals surface area contributed by atoms with E-state index in [9.17, 15) is 21.6 Å². The predicted octanol–water partition coefficient (Wildman–Crippen LogP) is 8.77. The van der Waals surface area contributed by atoms with E-state index in [0.29, 0.717) is 17.0 Å². The monoisotopic (exact) mass is 561 g/mol. The lowest BCUT2D eigenvalue weighted by Crippen LogP contribution is -2.15. The quantitative estimate of drug-likeness (QED) is 0.264. The van der Waals surface area contributed by atoms with Crippen molar-refractivity contribution in [1.82, 2.24) is 0 Å². The van der Waals surface area contributed by atoms with Gasteiger partial charge in [0, 0.05) is 14.8 Å². The summed E-state index contributed by atoms with van der Waals surface area (Å²) in [6, 6.07) is 18.4. The van der Waals surface area contributed by atoms with Crippen molar-refractivity contribution in [2.45, 2.75) is 20.9 Å². The van der Waals surface area contributed by atoms with E-state index in [1.165, 1.54) is 23.9 Å². The number of rotatable bonds is 5. The second-order valence-corrected chi connectivity index (χ2v) is 11.2. The smallest absolute Gasteiger partial charge is 0.280 e. The molecule has 0 atom stereocenters. The van der Waals surface area contributed by atoms with Gasteiger partial charge < -0.3 is 0 Å². The van der Waals surface area contributed by atoms with Gasteiger partial charge in [0.05, 0.1) is 26.2 Å². The number of hydrogen-bond donors (Lipinski definition) is 1. The van der Waals surface area contributed by atoms with Crippen molar-refractivity contribution in [3.05, 3.63) is 93.4 Å². The molecule has 176 valence electrons. The fourth-order valence-corrected chi connectivity index (χ4v) is 6.16. The van der Waals surface area contributed by atoms with Crippen LogP contribution in [0.3, 0.4) is 0 Å². The third-order valence-electron chi connectivity index (χ3n) is 4.70. The van der Waals surface area contributed by atoms with Crippen molar-refractivity contribution in [2.75, 3.05) is 4.72 Å². The first-order valence-electron chi connectivity index (χ1n) is 9.49. The lowest BCUT2D eigenvalue weighted by molar-refractivity contribution is -0.137. The number of fused-ring (bicyclic) bond motifs is 1. The van der Waals surface area contributed by atoms with Crippen LogP contribution in [0, 0.1) is 0 Å². The third kappa shape index (κ3) is 5.58. The number of hydrogen-bond acceptors (Lipinski definition) is 3. The Morgan fingerprint density at radius 2 is 1.44 bits per heavy atom. The summed E-state index contributed by atoms with van der Waals surface area (Å²) in [5.74, 6) is 0. The third-order valence-corrected chi connectivity index (χ3v) is 8.23. The maximum Gasteiger partial charge on any atom is 0.416 e. The van der Waals surface area contributed by atoms with Crippen LogP contribution in [0.4, 0.5) is 18.9 Å². The second kappa shape index (κ2) is 9.51. The summed E-state index contributed by atoms with van der Waals surface area (Å²) < 4.78 is 66.9. The van der Waals surface area contributed by atoms with Crippen LogP contribution in [0.2, 0.25) is 15.1 Å². The number of nitrogens with one attached hydrogen (secondary N) is 1. The SMILES string of the molecule is O=S(=O)(Nc1cc(Cl)c(Sc2ccc3ccccc3c2)c(Cl)c1)c1cc(Cl)cc(C(F)(F)F)c1. The van der Waals surface area contributed by atoms with E-state index < -0.39 is 26.7 Å². The van der Waals surface area contributed by atoms with Crippen LogP contribution < -0.4 is 4.72 Å². The first-order valence-corrected chi connectivity index (χ1v) is 12.9. The fourth-order valence-electron chi connectivity index (χ4n) is 3.16. The van der Waals surface area contributed by atoms with Gasteiger partial charge in [-0.2, -0.15) is 13.2 Å². The molecule has 0 saturated carbocycles. The minimum Gasteiger partial charge on any atom is -0.280 e. The van der Waals surface area contributed by atoms with Gasteiger partial charge in [0.25, 0.3) is 10.0 Å². The summed E-state index contributed by atoms with van der Waals surface area (Å²) in [6.45, 7) is 0. The Hall–Kier alpha value is -2.10. The normalized spacial score (nSPS) is 12.2. The molecule has 1 N–H and O–H groups in total. The molecule has 0 aliphatic heterocycles. The zero-order chi connectivity index (χ0) is 24.7. The average Bonchev–Trinajstić information content (AvgIpc) is 2.75. The van der Waals surface area contributed by atoms with Crippen LogP contribution in [0.15, 0.2) is 87.5 Å². The van der Waals surface area contributed by atoms with Gasteiger partial charge in [-0.15, -0.1) is 0 Å². The number of halogens is 6. The Balaban J connectivity index is 1.62. The second-order valence-electron chi connectivity index (χ2n) is 7.16. The average molecular weight is 563 g/mol. The van der Waals surface area contributed by atoms with Crippen molar-refractivity contribution >= 4 is 73.0 Å². The molecular weight excluding hydrogens is 550 g/mol. The molecule has 11 heteroatoms. The van der Waals surface area contributed by atoms with Crippen molar-refractivity contribution in [1.29, 1.82) is 0 Å². The zero-order valence-electron chi connectivity index (χ0n) is 16.8. The summed E-state index contributed by atoms with van der Waals surface area (Å²) in [5.41, 5.74) is -1.19. The molecule has 34 heavy (non-hydrogen) atoms. The molecule has 0 aliphatic carbocycles. The van der Waals surface area contributed by atoms with E-state index in [2.05, 4.69) is 4.72 Å². The first-order chi connectivity index (χ1) is 15.9. The largest absolute Gasteiger partial charge is 0.416 e. The topological polar surface area (TPSA) is 46.2 Å². The molecule has 0 radical (unpaired) electrons. The van der Waals surface area contributed by atoms with Crippen LogP contribution in [0.25, 0.3) is 10.8 Å². The molecule has 4 aromatic carbocycles. The standard InChI is InChI=1S/C23H13Cl3F3NO2S2/c24-16-8-15(23(27,28)29)9-19(10-16)34(31,32)30-17-11-20(25)22(21(26)12-17)33-18-6-5-13-3-1-2-4-14(13)7-18/h1-12,30H. The van der Waals surface area contributed by atoms with Gasteiger partial charge in [-0.1, -0.05) is 76.9 Å². The Morgan fingerprint density at radius 1 is 0.794 bits per heavy atom. The summed E-state index contributed by atoms with van der Waals surface area (Å²) in [5, 5.41) is 2.08. The molecular formula is C23H13Cl3F3NO2S2. The zero-order valence-corrected chi connectivity index (χ0v) is 20.7. The highest BCUT2D eigenvalue weighted by Crippen LogP contribution is 2.42. The highest BCUT2D eigenvalue weighted by Gasteiger charge is 2.32. The van der Waals surface area contributed by atoms with E-state index in [-0.39, 0.29) is 20.8 Å². The maximum absolute atomic E-state index is 13.1. The van der Waals surface area contributed by atoms with Crippen molar-refractivity contribution < 1.29 is 21.6 Å². The van der Waals surface area contributed by atoms with Crippen molar-refractivity contribution in [3.8, 4) is 0 Å². The van der Waals surface area contributed by atoms with E-state index in [1.54, 1.807) is 0 Å². The molecule has 0 amide bonds. The van der Waals surface area contributed by atoms with E-state index in [0.717, 1.165) is 21.7 Å². The van der Waals surface area contributed by atoms with E-state index >= 15 is 0 Å². The number of benzene rings is 4. The van der Waals surface area contributed by atoms with Crippen LogP contribution in [-0.4, -0.2) is 8.42 Å². The fraction of sp³-hybridized carbons (Fsp3) is 0.0435. The molecule has 0 fully saturated rings. The minimum atomic E-state index is -4.76. The van der Waals surface area contributed by atoms with E-state index in [4.69, 9.17) is 34.8 Å². The predicted molar refractivity (Wildman–Crippen MR) is 132 cm³/mol. The Kier molecular flexibility index (Phi) is 6.99. The molecule has 0 spiro atoms. The molecule has 0 aromatic heterocycles. The van der Waals surface area contributed by atoms with Gasteiger partial charge in [-0.25, -0.2) is 8.42 Å². The van der Waals surface area contributed by atoms with Crippen molar-refractivity contribution in [2.24, 2.45) is 0 Å². The van der Waals surface area contributed by atoms with Gasteiger partial charge in [0.1, 0.15) is 0 Å². The van der Waals surface area contributed by atoms with Crippen molar-refractivity contribution in [3.63, 3.8) is 0 Å². The van der Waals surface area contributed by atoms with Gasteiger partial charge in [-0.05, 0) is 53.2 Å². The summed E-state index contributed by atoms with van der Waals surface area (Å²) in [4.78, 5) is 0.729. The molecule has 4 aromatic rings. The molecule has 0 heterocycles.